The lowest BCUT2D eigenvalue weighted by molar-refractivity contribution is 0.102. The maximum Gasteiger partial charge on any atom is 0.257 e. The quantitative estimate of drug-likeness (QED) is 0.870. The summed E-state index contributed by atoms with van der Waals surface area (Å²) in [6.07, 6.45) is 0.867. The SMILES string of the molecule is CCc1cc(NC(=O)c2ccc(C)cc2C)n[nH]1. The molecule has 1 aromatic heterocycles. The summed E-state index contributed by atoms with van der Waals surface area (Å²) in [5.74, 6) is 0.443. The molecule has 18 heavy (non-hydrogen) atoms. The monoisotopic (exact) mass is 243 g/mol. The summed E-state index contributed by atoms with van der Waals surface area (Å²) in [7, 11) is 0. The van der Waals surface area contributed by atoms with Crippen molar-refractivity contribution in [2.24, 2.45) is 0 Å². The number of nitrogens with zero attached hydrogens (tertiary/aromatic N) is 1. The Hall–Kier alpha value is -2.10. The minimum Gasteiger partial charge on any atom is -0.305 e. The summed E-state index contributed by atoms with van der Waals surface area (Å²) in [4.78, 5) is 12.1. The Kier molecular flexibility index (Phi) is 3.46. The first-order valence-corrected chi connectivity index (χ1v) is 6.03. The van der Waals surface area contributed by atoms with Crippen LogP contribution in [0.4, 0.5) is 5.82 Å². The molecule has 0 aliphatic heterocycles. The van der Waals surface area contributed by atoms with E-state index in [2.05, 4.69) is 15.5 Å². The molecule has 0 bridgehead atoms. The van der Waals surface area contributed by atoms with Gasteiger partial charge in [0.2, 0.25) is 0 Å². The highest BCUT2D eigenvalue weighted by molar-refractivity contribution is 6.04. The highest BCUT2D eigenvalue weighted by Gasteiger charge is 2.10. The van der Waals surface area contributed by atoms with Crippen LogP contribution < -0.4 is 5.32 Å². The molecule has 94 valence electrons. The Labute approximate surface area is 106 Å². The maximum atomic E-state index is 12.1. The zero-order valence-corrected chi connectivity index (χ0v) is 10.9. The summed E-state index contributed by atoms with van der Waals surface area (Å²) < 4.78 is 0. The van der Waals surface area contributed by atoms with Crippen molar-refractivity contribution < 1.29 is 4.79 Å². The Balaban J connectivity index is 2.16. The minimum absolute atomic E-state index is 0.123. The summed E-state index contributed by atoms with van der Waals surface area (Å²) in [6, 6.07) is 7.62. The van der Waals surface area contributed by atoms with Gasteiger partial charge in [0, 0.05) is 17.3 Å². The molecule has 2 aromatic rings. The molecule has 4 nitrogen and oxygen atoms in total. The fraction of sp³-hybridized carbons (Fsp3) is 0.286. The molecule has 0 atom stereocenters. The van der Waals surface area contributed by atoms with E-state index in [1.165, 1.54) is 0 Å². The van der Waals surface area contributed by atoms with Crippen LogP contribution in [-0.4, -0.2) is 16.1 Å². The van der Waals surface area contributed by atoms with Gasteiger partial charge < -0.3 is 5.32 Å². The molecule has 0 spiro atoms. The van der Waals surface area contributed by atoms with Crippen molar-refractivity contribution in [1.82, 2.24) is 10.2 Å². The van der Waals surface area contributed by atoms with Gasteiger partial charge in [0.05, 0.1) is 0 Å². The predicted octanol–water partition coefficient (Wildman–Crippen LogP) is 2.84. The molecule has 2 rings (SSSR count). The minimum atomic E-state index is -0.123. The third-order valence-corrected chi connectivity index (χ3v) is 2.88. The van der Waals surface area contributed by atoms with Gasteiger partial charge in [-0.1, -0.05) is 24.6 Å². The van der Waals surface area contributed by atoms with Gasteiger partial charge in [0.25, 0.3) is 5.91 Å². The van der Waals surface area contributed by atoms with E-state index in [0.29, 0.717) is 11.4 Å². The highest BCUT2D eigenvalue weighted by Crippen LogP contribution is 2.13. The van der Waals surface area contributed by atoms with Crippen LogP contribution in [0.2, 0.25) is 0 Å². The summed E-state index contributed by atoms with van der Waals surface area (Å²) in [5, 5.41) is 9.71. The fourth-order valence-electron chi connectivity index (χ4n) is 1.86. The van der Waals surface area contributed by atoms with Gasteiger partial charge in [-0.3, -0.25) is 9.89 Å². The topological polar surface area (TPSA) is 57.8 Å². The number of nitrogens with one attached hydrogen (secondary N) is 2. The summed E-state index contributed by atoms with van der Waals surface area (Å²) in [6.45, 7) is 5.98. The Morgan fingerprint density at radius 2 is 2.11 bits per heavy atom. The van der Waals surface area contributed by atoms with Crippen molar-refractivity contribution in [2.75, 3.05) is 5.32 Å². The van der Waals surface area contributed by atoms with Gasteiger partial charge in [0.1, 0.15) is 0 Å². The zero-order chi connectivity index (χ0) is 13.1. The molecule has 0 saturated heterocycles. The summed E-state index contributed by atoms with van der Waals surface area (Å²) in [5.41, 5.74) is 3.81. The van der Waals surface area contributed by atoms with E-state index in [4.69, 9.17) is 0 Å². The Morgan fingerprint density at radius 1 is 1.33 bits per heavy atom. The average Bonchev–Trinajstić information content (AvgIpc) is 2.76. The molecular formula is C14H17N3O. The number of aryl methyl sites for hydroxylation is 3. The van der Waals surface area contributed by atoms with E-state index in [1.54, 1.807) is 0 Å². The molecule has 4 heteroatoms. The molecule has 0 fully saturated rings. The van der Waals surface area contributed by atoms with E-state index in [-0.39, 0.29) is 5.91 Å². The number of anilines is 1. The van der Waals surface area contributed by atoms with Crippen molar-refractivity contribution in [3.05, 3.63) is 46.6 Å². The van der Waals surface area contributed by atoms with Crippen LogP contribution in [0.5, 0.6) is 0 Å². The number of benzene rings is 1. The van der Waals surface area contributed by atoms with Gasteiger partial charge in [-0.05, 0) is 31.9 Å². The van der Waals surface area contributed by atoms with Crippen molar-refractivity contribution in [3.8, 4) is 0 Å². The smallest absolute Gasteiger partial charge is 0.257 e. The number of amides is 1. The van der Waals surface area contributed by atoms with Crippen molar-refractivity contribution in [1.29, 1.82) is 0 Å². The number of H-pyrrole nitrogens is 1. The second kappa shape index (κ2) is 5.04. The molecule has 1 amide bonds. The van der Waals surface area contributed by atoms with Crippen molar-refractivity contribution >= 4 is 11.7 Å². The standard InChI is InChI=1S/C14H17N3O/c1-4-11-8-13(17-16-11)15-14(18)12-6-5-9(2)7-10(12)3/h5-8H,4H2,1-3H3,(H2,15,16,17,18). The second-order valence-electron chi connectivity index (χ2n) is 4.40. The molecule has 0 aliphatic carbocycles. The normalized spacial score (nSPS) is 10.4. The van der Waals surface area contributed by atoms with Crippen molar-refractivity contribution in [3.63, 3.8) is 0 Å². The lowest BCUT2D eigenvalue weighted by Gasteiger charge is -2.06. The number of carbonyl (C=O) groups excluding carboxylic acids is 1. The summed E-state index contributed by atoms with van der Waals surface area (Å²) >= 11 is 0. The van der Waals surface area contributed by atoms with Gasteiger partial charge in [-0.2, -0.15) is 5.10 Å². The van der Waals surface area contributed by atoms with E-state index >= 15 is 0 Å². The van der Waals surface area contributed by atoms with Crippen molar-refractivity contribution in [2.45, 2.75) is 27.2 Å². The predicted molar refractivity (Wildman–Crippen MR) is 71.8 cm³/mol. The Morgan fingerprint density at radius 3 is 2.72 bits per heavy atom. The second-order valence-corrected chi connectivity index (χ2v) is 4.40. The number of carbonyl (C=O) groups is 1. The lowest BCUT2D eigenvalue weighted by atomic mass is 10.1. The van der Waals surface area contributed by atoms with Crippen LogP contribution in [0.3, 0.4) is 0 Å². The van der Waals surface area contributed by atoms with E-state index < -0.39 is 0 Å². The third kappa shape index (κ3) is 2.59. The molecule has 1 aromatic carbocycles. The zero-order valence-electron chi connectivity index (χ0n) is 10.9. The maximum absolute atomic E-state index is 12.1. The van der Waals surface area contributed by atoms with E-state index in [1.807, 2.05) is 45.0 Å². The van der Waals surface area contributed by atoms with Gasteiger partial charge in [-0.15, -0.1) is 0 Å². The van der Waals surface area contributed by atoms with Crippen LogP contribution in [0.15, 0.2) is 24.3 Å². The molecule has 1 heterocycles. The average molecular weight is 243 g/mol. The number of hydrogen-bond donors (Lipinski definition) is 2. The number of hydrogen-bond acceptors (Lipinski definition) is 2. The third-order valence-electron chi connectivity index (χ3n) is 2.88. The van der Waals surface area contributed by atoms with Gasteiger partial charge >= 0.3 is 0 Å². The fourth-order valence-corrected chi connectivity index (χ4v) is 1.86. The van der Waals surface area contributed by atoms with Crippen LogP contribution in [0.1, 0.15) is 34.1 Å². The molecule has 0 saturated carbocycles. The van der Waals surface area contributed by atoms with Crippen LogP contribution in [-0.2, 0) is 6.42 Å². The largest absolute Gasteiger partial charge is 0.305 e. The number of aromatic nitrogens is 2. The highest BCUT2D eigenvalue weighted by atomic mass is 16.1. The number of aromatic amines is 1. The molecular weight excluding hydrogens is 226 g/mol. The first-order chi connectivity index (χ1) is 8.60. The van der Waals surface area contributed by atoms with Gasteiger partial charge in [0.15, 0.2) is 5.82 Å². The Bertz CT molecular complexity index is 572. The first kappa shape index (κ1) is 12.4. The van der Waals surface area contributed by atoms with Crippen LogP contribution >= 0.6 is 0 Å². The van der Waals surface area contributed by atoms with Gasteiger partial charge in [-0.25, -0.2) is 0 Å². The molecule has 0 unspecified atom stereocenters. The lowest BCUT2D eigenvalue weighted by Crippen LogP contribution is -2.13. The van der Waals surface area contributed by atoms with E-state index in [0.717, 1.165) is 23.2 Å². The molecule has 0 aliphatic rings. The molecule has 2 N–H and O–H groups in total. The first-order valence-electron chi connectivity index (χ1n) is 6.03. The van der Waals surface area contributed by atoms with Crippen LogP contribution in [0.25, 0.3) is 0 Å². The van der Waals surface area contributed by atoms with Crippen LogP contribution in [0, 0.1) is 13.8 Å². The number of rotatable bonds is 3. The molecule has 0 radical (unpaired) electrons. The van der Waals surface area contributed by atoms with E-state index in [9.17, 15) is 4.79 Å².